The largest absolute Gasteiger partial charge is 0.299 e. The maximum absolute atomic E-state index is 3.56. The molecule has 0 bridgehead atoms. The predicted molar refractivity (Wildman–Crippen MR) is 143 cm³/mol. The topological polar surface area (TPSA) is 27.3 Å². The number of allylic oxidation sites excluding steroid dienone is 4. The lowest BCUT2D eigenvalue weighted by Crippen LogP contribution is -2.63. The Morgan fingerprint density at radius 2 is 1.61 bits per heavy atom. The van der Waals surface area contributed by atoms with E-state index in [0.29, 0.717) is 17.8 Å². The first-order valence-corrected chi connectivity index (χ1v) is 15.7. The zero-order valence-electron chi connectivity index (χ0n) is 20.6. The van der Waals surface area contributed by atoms with Crippen molar-refractivity contribution < 1.29 is 0 Å². The molecule has 1 aliphatic heterocycles. The van der Waals surface area contributed by atoms with Gasteiger partial charge in [0.15, 0.2) is 0 Å². The van der Waals surface area contributed by atoms with E-state index < -0.39 is 8.24 Å². The van der Waals surface area contributed by atoms with E-state index in [0.717, 1.165) is 31.5 Å². The molecule has 1 heterocycles. The molecule has 4 heteroatoms. The van der Waals surface area contributed by atoms with Gasteiger partial charge in [-0.05, 0) is 64.0 Å². The zero-order valence-corrected chi connectivity index (χ0v) is 21.6. The first kappa shape index (κ1) is 22.8. The molecule has 0 amide bonds. The van der Waals surface area contributed by atoms with Crippen LogP contribution in [0.15, 0.2) is 72.8 Å². The van der Waals surface area contributed by atoms with Gasteiger partial charge in [0.2, 0.25) is 0 Å². The second-order valence-electron chi connectivity index (χ2n) is 11.0. The predicted octanol–water partition coefficient (Wildman–Crippen LogP) is 6.16. The number of hydrogen-bond donors (Lipinski definition) is 2. The van der Waals surface area contributed by atoms with E-state index >= 15 is 0 Å². The molecule has 1 saturated heterocycles. The fourth-order valence-corrected chi connectivity index (χ4v) is 11.1. The number of benzene rings is 2. The number of nitrogens with one attached hydrogen (secondary N) is 2. The molecular formula is C29H39N3Si. The first-order valence-electron chi connectivity index (χ1n) is 12.7. The fourth-order valence-electron chi connectivity index (χ4n) is 6.78. The van der Waals surface area contributed by atoms with E-state index in [2.05, 4.69) is 115 Å². The first-order chi connectivity index (χ1) is 16.0. The van der Waals surface area contributed by atoms with Gasteiger partial charge in [0.1, 0.15) is 8.24 Å². The van der Waals surface area contributed by atoms with E-state index in [4.69, 9.17) is 0 Å². The minimum atomic E-state index is -1.67. The molecule has 0 spiro atoms. The van der Waals surface area contributed by atoms with Crippen LogP contribution in [0.5, 0.6) is 0 Å². The highest BCUT2D eigenvalue weighted by molar-refractivity contribution is 6.76. The zero-order chi connectivity index (χ0) is 23.0. The molecule has 2 aromatic carbocycles. The molecule has 3 aliphatic rings. The van der Waals surface area contributed by atoms with Gasteiger partial charge in [-0.25, -0.2) is 0 Å². The Labute approximate surface area is 201 Å². The van der Waals surface area contributed by atoms with Crippen LogP contribution in [0, 0.1) is 23.7 Å². The normalized spacial score (nSPS) is 28.1. The Balaban J connectivity index is 1.48. The highest BCUT2D eigenvalue weighted by Gasteiger charge is 2.54. The molecule has 0 aromatic heterocycles. The van der Waals surface area contributed by atoms with Crippen molar-refractivity contribution in [1.82, 2.24) is 15.2 Å². The molecule has 174 valence electrons. The number of hydrogen-bond acceptors (Lipinski definition) is 3. The Morgan fingerprint density at radius 3 is 2.33 bits per heavy atom. The van der Waals surface area contributed by atoms with Gasteiger partial charge in [-0.2, -0.15) is 0 Å². The molecule has 5 rings (SSSR count). The summed E-state index contributed by atoms with van der Waals surface area (Å²) in [6.45, 7) is 13.1. The van der Waals surface area contributed by atoms with Gasteiger partial charge in [-0.1, -0.05) is 93.7 Å². The van der Waals surface area contributed by atoms with E-state index in [-0.39, 0.29) is 0 Å². The molecule has 2 aromatic rings. The summed E-state index contributed by atoms with van der Waals surface area (Å²) >= 11 is 0. The summed E-state index contributed by atoms with van der Waals surface area (Å²) in [5.41, 5.74) is 6.33. The average molecular weight is 458 g/mol. The molecule has 33 heavy (non-hydrogen) atoms. The van der Waals surface area contributed by atoms with Crippen molar-refractivity contribution in [3.05, 3.63) is 78.4 Å². The van der Waals surface area contributed by atoms with Gasteiger partial charge in [0, 0.05) is 20.0 Å². The molecule has 4 unspecified atom stereocenters. The summed E-state index contributed by atoms with van der Waals surface area (Å²) in [7, 11) is -1.67. The van der Waals surface area contributed by atoms with Gasteiger partial charge < -0.3 is 0 Å². The second kappa shape index (κ2) is 9.34. The third-order valence-electron chi connectivity index (χ3n) is 8.52. The maximum Gasteiger partial charge on any atom is 0.129 e. The number of fused-ring (bicyclic) bond motifs is 1. The van der Waals surface area contributed by atoms with Crippen LogP contribution in [0.4, 0.5) is 0 Å². The lowest BCUT2D eigenvalue weighted by Gasteiger charge is -2.48. The van der Waals surface area contributed by atoms with E-state index in [1.54, 1.807) is 5.57 Å². The minimum absolute atomic E-state index is 0.621. The summed E-state index contributed by atoms with van der Waals surface area (Å²) in [5, 5.41) is 7.11. The van der Waals surface area contributed by atoms with Crippen molar-refractivity contribution in [3.63, 3.8) is 0 Å². The third-order valence-corrected chi connectivity index (χ3v) is 12.9. The molecule has 3 nitrogen and oxygen atoms in total. The summed E-state index contributed by atoms with van der Waals surface area (Å²) < 4.78 is 2.75. The van der Waals surface area contributed by atoms with Gasteiger partial charge in [0.05, 0.1) is 0 Å². The van der Waals surface area contributed by atoms with Crippen molar-refractivity contribution in [2.75, 3.05) is 20.0 Å². The van der Waals surface area contributed by atoms with E-state index in [1.165, 1.54) is 23.1 Å². The summed E-state index contributed by atoms with van der Waals surface area (Å²) in [6, 6.07) is 20.0. The van der Waals surface area contributed by atoms with Crippen LogP contribution >= 0.6 is 0 Å². The Bertz CT molecular complexity index is 1020. The van der Waals surface area contributed by atoms with Crippen molar-refractivity contribution in [2.45, 2.75) is 38.9 Å². The summed E-state index contributed by atoms with van der Waals surface area (Å²) in [4.78, 5) is 0. The van der Waals surface area contributed by atoms with Gasteiger partial charge in [-0.15, -0.1) is 0 Å². The van der Waals surface area contributed by atoms with Gasteiger partial charge >= 0.3 is 0 Å². The van der Waals surface area contributed by atoms with Crippen LogP contribution in [0.2, 0.25) is 18.6 Å². The number of rotatable bonds is 5. The Morgan fingerprint density at radius 1 is 0.909 bits per heavy atom. The quantitative estimate of drug-likeness (QED) is 0.527. The van der Waals surface area contributed by atoms with Crippen LogP contribution in [0.1, 0.15) is 25.8 Å². The standard InChI is InChI=1S/C29H39N3Si/c1-21(2)27-17-28-25(24-13-8-12-23(16-24)22-10-6-5-7-11-22)14-9-15-26(28)29(27)33(3,4)32-19-30-18-31-20-32/h5-16,21,26-31H,17-20H2,1-4H3. The number of nitrogens with zero attached hydrogens (tertiary/aromatic N) is 1. The average Bonchev–Trinajstić information content (AvgIpc) is 3.26. The summed E-state index contributed by atoms with van der Waals surface area (Å²) in [5.74, 6) is 2.74. The monoisotopic (exact) mass is 457 g/mol. The van der Waals surface area contributed by atoms with E-state index in [9.17, 15) is 0 Å². The molecule has 2 fully saturated rings. The Hall–Kier alpha value is -1.98. The molecule has 0 radical (unpaired) electrons. The van der Waals surface area contributed by atoms with Crippen LogP contribution in [-0.2, 0) is 0 Å². The Kier molecular flexibility index (Phi) is 6.45. The smallest absolute Gasteiger partial charge is 0.129 e. The summed E-state index contributed by atoms with van der Waals surface area (Å²) in [6.07, 6.45) is 8.63. The highest BCUT2D eigenvalue weighted by Crippen LogP contribution is 2.59. The van der Waals surface area contributed by atoms with Crippen molar-refractivity contribution >= 4 is 13.8 Å². The fraction of sp³-hybridized carbons (Fsp3) is 0.448. The third kappa shape index (κ3) is 4.30. The molecule has 4 atom stereocenters. The van der Waals surface area contributed by atoms with Crippen LogP contribution in [-0.4, -0.2) is 32.8 Å². The molecule has 1 saturated carbocycles. The molecular weight excluding hydrogens is 418 g/mol. The highest BCUT2D eigenvalue weighted by atomic mass is 28.3. The van der Waals surface area contributed by atoms with E-state index in [1.807, 2.05) is 0 Å². The lowest BCUT2D eigenvalue weighted by molar-refractivity contribution is 0.272. The minimum Gasteiger partial charge on any atom is -0.299 e. The SMILES string of the molecule is CC(C)C1CC2C(c3cccc(-c4ccccc4)c3)=CC=CC2C1[Si](C)(C)N1CNCNC1. The van der Waals surface area contributed by atoms with Gasteiger partial charge in [-0.3, -0.25) is 15.2 Å². The molecule has 2 N–H and O–H groups in total. The lowest BCUT2D eigenvalue weighted by atomic mass is 9.80. The van der Waals surface area contributed by atoms with Crippen LogP contribution in [0.25, 0.3) is 16.7 Å². The van der Waals surface area contributed by atoms with Crippen LogP contribution in [0.3, 0.4) is 0 Å². The van der Waals surface area contributed by atoms with Gasteiger partial charge in [0.25, 0.3) is 0 Å². The molecule has 2 aliphatic carbocycles. The maximum atomic E-state index is 3.56. The van der Waals surface area contributed by atoms with Crippen LogP contribution < -0.4 is 10.6 Å². The van der Waals surface area contributed by atoms with Crippen molar-refractivity contribution in [1.29, 1.82) is 0 Å². The second-order valence-corrected chi connectivity index (χ2v) is 15.6. The van der Waals surface area contributed by atoms with Crippen molar-refractivity contribution in [2.24, 2.45) is 23.7 Å². The van der Waals surface area contributed by atoms with Crippen molar-refractivity contribution in [3.8, 4) is 11.1 Å².